The molecular formula is C9H8F5NO2. The van der Waals surface area contributed by atoms with Gasteiger partial charge in [-0.05, 0) is 0 Å². The van der Waals surface area contributed by atoms with Crippen molar-refractivity contribution in [1.82, 2.24) is 4.98 Å². The fourth-order valence-electron chi connectivity index (χ4n) is 1.25. The standard InChI is InChI=1S/C9H8F5NO2/c1-17-6-2-5(8(10)11)15-7(4(6)3-16)9(12,13)14/h2,8,16H,3H2,1H3. The molecule has 0 saturated heterocycles. The molecule has 8 heteroatoms. The Morgan fingerprint density at radius 1 is 1.41 bits per heavy atom. The monoisotopic (exact) mass is 257 g/mol. The van der Waals surface area contributed by atoms with Crippen molar-refractivity contribution in [2.24, 2.45) is 0 Å². The summed E-state index contributed by atoms with van der Waals surface area (Å²) >= 11 is 0. The molecule has 0 unspecified atom stereocenters. The lowest BCUT2D eigenvalue weighted by molar-refractivity contribution is -0.142. The zero-order valence-electron chi connectivity index (χ0n) is 8.55. The lowest BCUT2D eigenvalue weighted by Gasteiger charge is -2.15. The molecule has 0 spiro atoms. The van der Waals surface area contributed by atoms with Crippen LogP contribution in [-0.2, 0) is 12.8 Å². The summed E-state index contributed by atoms with van der Waals surface area (Å²) in [6, 6.07) is 0.672. The molecule has 1 heterocycles. The number of aliphatic hydroxyl groups excluding tert-OH is 1. The first-order valence-electron chi connectivity index (χ1n) is 4.35. The van der Waals surface area contributed by atoms with Gasteiger partial charge in [0.05, 0.1) is 19.3 Å². The number of halogens is 5. The Bertz CT molecular complexity index is 405. The van der Waals surface area contributed by atoms with E-state index in [9.17, 15) is 22.0 Å². The smallest absolute Gasteiger partial charge is 0.433 e. The lowest BCUT2D eigenvalue weighted by atomic mass is 10.1. The maximum Gasteiger partial charge on any atom is 0.433 e. The predicted molar refractivity (Wildman–Crippen MR) is 46.7 cm³/mol. The van der Waals surface area contributed by atoms with Crippen molar-refractivity contribution in [1.29, 1.82) is 0 Å². The van der Waals surface area contributed by atoms with Crippen molar-refractivity contribution in [2.45, 2.75) is 19.2 Å². The average molecular weight is 257 g/mol. The third kappa shape index (κ3) is 2.82. The molecule has 0 aliphatic carbocycles. The Morgan fingerprint density at radius 2 is 2.00 bits per heavy atom. The average Bonchev–Trinajstić information content (AvgIpc) is 2.25. The number of hydrogen-bond donors (Lipinski definition) is 1. The highest BCUT2D eigenvalue weighted by Crippen LogP contribution is 2.36. The largest absolute Gasteiger partial charge is 0.496 e. The van der Waals surface area contributed by atoms with Crippen molar-refractivity contribution in [3.05, 3.63) is 23.0 Å². The first kappa shape index (κ1) is 13.6. The summed E-state index contributed by atoms with van der Waals surface area (Å²) in [5.41, 5.74) is -3.27. The second-order valence-corrected chi connectivity index (χ2v) is 3.03. The van der Waals surface area contributed by atoms with Crippen molar-refractivity contribution >= 4 is 0 Å². The minimum Gasteiger partial charge on any atom is -0.496 e. The molecule has 1 aromatic heterocycles. The van der Waals surface area contributed by atoms with E-state index >= 15 is 0 Å². The lowest BCUT2D eigenvalue weighted by Crippen LogP contribution is -2.15. The van der Waals surface area contributed by atoms with E-state index in [1.807, 2.05) is 0 Å². The molecule has 0 aliphatic rings. The van der Waals surface area contributed by atoms with Crippen LogP contribution in [0.25, 0.3) is 0 Å². The van der Waals surface area contributed by atoms with Gasteiger partial charge in [-0.25, -0.2) is 13.8 Å². The fourth-order valence-corrected chi connectivity index (χ4v) is 1.25. The molecule has 0 bridgehead atoms. The van der Waals surface area contributed by atoms with Crippen molar-refractivity contribution < 1.29 is 31.8 Å². The Morgan fingerprint density at radius 3 is 2.35 bits per heavy atom. The van der Waals surface area contributed by atoms with Crippen LogP contribution in [0.15, 0.2) is 6.07 Å². The maximum atomic E-state index is 12.5. The van der Waals surface area contributed by atoms with Gasteiger partial charge in [0.2, 0.25) is 0 Å². The second kappa shape index (κ2) is 4.82. The molecule has 0 atom stereocenters. The van der Waals surface area contributed by atoms with Crippen LogP contribution in [0.5, 0.6) is 5.75 Å². The molecule has 0 radical (unpaired) electrons. The van der Waals surface area contributed by atoms with E-state index in [0.29, 0.717) is 6.07 Å². The summed E-state index contributed by atoms with van der Waals surface area (Å²) in [5.74, 6) is -0.467. The molecule has 0 amide bonds. The number of pyridine rings is 1. The van der Waals surface area contributed by atoms with E-state index in [0.717, 1.165) is 7.11 Å². The highest BCUT2D eigenvalue weighted by Gasteiger charge is 2.37. The molecule has 1 aromatic rings. The summed E-state index contributed by atoms with van der Waals surface area (Å²) < 4.78 is 66.8. The highest BCUT2D eigenvalue weighted by molar-refractivity contribution is 5.39. The number of nitrogens with zero attached hydrogens (tertiary/aromatic N) is 1. The number of methoxy groups -OCH3 is 1. The number of rotatable bonds is 3. The molecule has 3 nitrogen and oxygen atoms in total. The number of ether oxygens (including phenoxy) is 1. The Balaban J connectivity index is 3.48. The molecule has 0 fully saturated rings. The van der Waals surface area contributed by atoms with Crippen LogP contribution in [0.4, 0.5) is 22.0 Å². The first-order chi connectivity index (χ1) is 7.81. The number of hydrogen-bond acceptors (Lipinski definition) is 3. The highest BCUT2D eigenvalue weighted by atomic mass is 19.4. The zero-order chi connectivity index (χ0) is 13.2. The van der Waals surface area contributed by atoms with Crippen LogP contribution in [0.2, 0.25) is 0 Å². The Hall–Kier alpha value is -1.44. The van der Waals surface area contributed by atoms with Crippen LogP contribution in [0.1, 0.15) is 23.4 Å². The van der Waals surface area contributed by atoms with Gasteiger partial charge in [-0.15, -0.1) is 0 Å². The van der Waals surface area contributed by atoms with E-state index in [-0.39, 0.29) is 0 Å². The first-order valence-corrected chi connectivity index (χ1v) is 4.35. The van der Waals surface area contributed by atoms with E-state index in [2.05, 4.69) is 9.72 Å². The second-order valence-electron chi connectivity index (χ2n) is 3.03. The third-order valence-corrected chi connectivity index (χ3v) is 1.97. The molecule has 96 valence electrons. The molecule has 1 N–H and O–H groups in total. The zero-order valence-corrected chi connectivity index (χ0v) is 8.55. The minimum absolute atomic E-state index is 0.467. The van der Waals surface area contributed by atoms with Gasteiger partial charge in [0, 0.05) is 6.07 Å². The van der Waals surface area contributed by atoms with E-state index < -0.39 is 41.9 Å². The summed E-state index contributed by atoms with van der Waals surface area (Å²) in [4.78, 5) is 2.81. The van der Waals surface area contributed by atoms with Gasteiger partial charge in [-0.2, -0.15) is 13.2 Å². The van der Waals surface area contributed by atoms with Crippen molar-refractivity contribution in [3.63, 3.8) is 0 Å². The summed E-state index contributed by atoms with van der Waals surface area (Å²) in [7, 11) is 1.02. The summed E-state index contributed by atoms with van der Waals surface area (Å²) in [6.07, 6.45) is -8.09. The topological polar surface area (TPSA) is 42.4 Å². The van der Waals surface area contributed by atoms with E-state index in [1.54, 1.807) is 0 Å². The normalized spacial score (nSPS) is 12.0. The molecule has 0 aliphatic heterocycles. The molecule has 17 heavy (non-hydrogen) atoms. The van der Waals surface area contributed by atoms with E-state index in [4.69, 9.17) is 5.11 Å². The van der Waals surface area contributed by atoms with Crippen LogP contribution >= 0.6 is 0 Å². The van der Waals surface area contributed by atoms with Gasteiger partial charge in [0.1, 0.15) is 11.4 Å². The predicted octanol–water partition coefficient (Wildman–Crippen LogP) is 2.54. The Labute approximate surface area is 92.8 Å². The van der Waals surface area contributed by atoms with Gasteiger partial charge >= 0.3 is 6.18 Å². The van der Waals surface area contributed by atoms with E-state index in [1.165, 1.54) is 0 Å². The Kier molecular flexibility index (Phi) is 3.87. The van der Waals surface area contributed by atoms with Gasteiger partial charge in [0.25, 0.3) is 6.43 Å². The third-order valence-electron chi connectivity index (χ3n) is 1.97. The molecule has 0 aromatic carbocycles. The van der Waals surface area contributed by atoms with Crippen LogP contribution in [0.3, 0.4) is 0 Å². The van der Waals surface area contributed by atoms with Gasteiger partial charge in [-0.1, -0.05) is 0 Å². The maximum absolute atomic E-state index is 12.5. The van der Waals surface area contributed by atoms with Gasteiger partial charge in [0.15, 0.2) is 5.69 Å². The fraction of sp³-hybridized carbons (Fsp3) is 0.444. The molecule has 0 saturated carbocycles. The quantitative estimate of drug-likeness (QED) is 0.846. The SMILES string of the molecule is COc1cc(C(F)F)nc(C(F)(F)F)c1CO. The summed E-state index contributed by atoms with van der Waals surface area (Å²) in [6.45, 7) is -1.01. The van der Waals surface area contributed by atoms with Crippen LogP contribution in [-0.4, -0.2) is 17.2 Å². The van der Waals surface area contributed by atoms with Gasteiger partial charge < -0.3 is 9.84 Å². The van der Waals surface area contributed by atoms with Crippen molar-refractivity contribution in [3.8, 4) is 5.75 Å². The van der Waals surface area contributed by atoms with Crippen LogP contribution in [0, 0.1) is 0 Å². The van der Waals surface area contributed by atoms with Crippen molar-refractivity contribution in [2.75, 3.05) is 7.11 Å². The van der Waals surface area contributed by atoms with Crippen LogP contribution < -0.4 is 4.74 Å². The number of aliphatic hydroxyl groups is 1. The van der Waals surface area contributed by atoms with Gasteiger partial charge in [-0.3, -0.25) is 0 Å². The number of aromatic nitrogens is 1. The summed E-state index contributed by atoms with van der Waals surface area (Å²) in [5, 5.41) is 8.82. The minimum atomic E-state index is -4.93. The number of alkyl halides is 5. The molecular weight excluding hydrogens is 249 g/mol. The molecule has 1 rings (SSSR count).